The van der Waals surface area contributed by atoms with E-state index >= 15 is 0 Å². The third-order valence-corrected chi connectivity index (χ3v) is 2.08. The molecule has 0 aliphatic carbocycles. The summed E-state index contributed by atoms with van der Waals surface area (Å²) in [6.07, 6.45) is 1.68. The molecule has 1 N–H and O–H groups in total. The Labute approximate surface area is 82.3 Å². The van der Waals surface area contributed by atoms with Crippen LogP contribution in [0.3, 0.4) is 0 Å². The van der Waals surface area contributed by atoms with E-state index in [1.165, 1.54) is 0 Å². The minimum absolute atomic E-state index is 0.561. The first kappa shape index (κ1) is 8.69. The molecular weight excluding hydrogens is 176 g/mol. The van der Waals surface area contributed by atoms with E-state index in [0.717, 1.165) is 16.0 Å². The summed E-state index contributed by atoms with van der Waals surface area (Å²) in [4.78, 5) is 4.12. The molecule has 1 heterocycles. The van der Waals surface area contributed by atoms with Gasteiger partial charge in [0, 0.05) is 13.0 Å². The van der Waals surface area contributed by atoms with Crippen LogP contribution in [0.2, 0.25) is 0 Å². The number of aromatic nitrogens is 2. The van der Waals surface area contributed by atoms with Crippen LogP contribution in [0.5, 0.6) is 0 Å². The van der Waals surface area contributed by atoms with Gasteiger partial charge in [0.15, 0.2) is 5.69 Å². The van der Waals surface area contributed by atoms with Crippen LogP contribution in [-0.4, -0.2) is 10.2 Å². The Morgan fingerprint density at radius 1 is 1.14 bits per heavy atom. The molecule has 3 nitrogen and oxygen atoms in total. The lowest BCUT2D eigenvalue weighted by Crippen LogP contribution is -2.37. The van der Waals surface area contributed by atoms with Crippen molar-refractivity contribution in [2.24, 2.45) is 0 Å². The molecule has 3 heteroatoms. The molecule has 2 rings (SSSR count). The average Bonchev–Trinajstić information content (AvgIpc) is 2.23. The second kappa shape index (κ2) is 3.46. The first-order valence-electron chi connectivity index (χ1n) is 4.41. The topological polar surface area (TPSA) is 37.0 Å². The predicted octanol–water partition coefficient (Wildman–Crippen LogP) is 1.58. The molecule has 2 aromatic rings. The van der Waals surface area contributed by atoms with Gasteiger partial charge in [-0.3, -0.25) is 0 Å². The van der Waals surface area contributed by atoms with Gasteiger partial charge in [-0.25, -0.2) is 0 Å². The highest BCUT2D eigenvalue weighted by atomic mass is 16.5. The molecule has 0 aliphatic heterocycles. The Hall–Kier alpha value is -1.90. The Bertz CT molecular complexity index is 440. The highest BCUT2D eigenvalue weighted by Gasteiger charge is 2.15. The zero-order valence-electron chi connectivity index (χ0n) is 7.88. The van der Waals surface area contributed by atoms with Crippen molar-refractivity contribution in [1.29, 1.82) is 0 Å². The van der Waals surface area contributed by atoms with Crippen molar-refractivity contribution in [1.82, 2.24) is 4.98 Å². The summed E-state index contributed by atoms with van der Waals surface area (Å²) in [6.45, 7) is 1.83. The largest absolute Gasteiger partial charge is 0.368 e. The molecule has 0 bridgehead atoms. The van der Waals surface area contributed by atoms with Gasteiger partial charge >= 0.3 is 5.82 Å². The van der Waals surface area contributed by atoms with Crippen LogP contribution >= 0.6 is 0 Å². The number of benzene rings is 1. The van der Waals surface area contributed by atoms with Gasteiger partial charge in [-0.2, -0.15) is 0 Å². The quantitative estimate of drug-likeness (QED) is 0.543. The predicted molar refractivity (Wildman–Crippen MR) is 51.8 cm³/mol. The molecule has 14 heavy (non-hydrogen) atoms. The summed E-state index contributed by atoms with van der Waals surface area (Å²) in [5.74, 6) is 0.561. The minimum atomic E-state index is 0.561. The zero-order chi connectivity index (χ0) is 9.97. The van der Waals surface area contributed by atoms with Crippen molar-refractivity contribution < 1.29 is 9.94 Å². The summed E-state index contributed by atoms with van der Waals surface area (Å²) in [6, 6.07) is 11.3. The van der Waals surface area contributed by atoms with Gasteiger partial charge in [0.05, 0.1) is 5.56 Å². The van der Waals surface area contributed by atoms with Gasteiger partial charge in [0.1, 0.15) is 6.20 Å². The van der Waals surface area contributed by atoms with Crippen LogP contribution in [0.15, 0.2) is 42.6 Å². The van der Waals surface area contributed by atoms with Gasteiger partial charge in [-0.15, -0.1) is 0 Å². The van der Waals surface area contributed by atoms with E-state index in [0.29, 0.717) is 5.82 Å². The number of hydrogen-bond acceptors (Lipinski definition) is 2. The number of nitrogens with zero attached hydrogens (tertiary/aromatic N) is 2. The molecule has 0 saturated carbocycles. The number of hydrogen-bond donors (Lipinski definition) is 1. The molecule has 0 amide bonds. The van der Waals surface area contributed by atoms with Crippen LogP contribution < -0.4 is 4.73 Å². The summed E-state index contributed by atoms with van der Waals surface area (Å²) < 4.78 is 1.09. The van der Waals surface area contributed by atoms with E-state index in [-0.39, 0.29) is 0 Å². The maximum atomic E-state index is 9.71. The highest BCUT2D eigenvalue weighted by molar-refractivity contribution is 5.51. The second-order valence-electron chi connectivity index (χ2n) is 3.09. The van der Waals surface area contributed by atoms with E-state index < -0.39 is 0 Å². The third kappa shape index (κ3) is 1.44. The summed E-state index contributed by atoms with van der Waals surface area (Å²) in [7, 11) is 0. The van der Waals surface area contributed by atoms with Gasteiger partial charge in [0.2, 0.25) is 0 Å². The average molecular weight is 187 g/mol. The molecule has 1 aromatic heterocycles. The SMILES string of the molecule is Cc1ccnc(-c2ccccc2)[n+]1O. The summed E-state index contributed by atoms with van der Waals surface area (Å²) >= 11 is 0. The van der Waals surface area contributed by atoms with Gasteiger partial charge < -0.3 is 5.21 Å². The molecule has 1 aromatic carbocycles. The molecule has 0 unspecified atom stereocenters. The van der Waals surface area contributed by atoms with Gasteiger partial charge in [-0.05, 0) is 21.8 Å². The Morgan fingerprint density at radius 2 is 1.86 bits per heavy atom. The number of aryl methyl sites for hydroxylation is 1. The lowest BCUT2D eigenvalue weighted by molar-refractivity contribution is -0.901. The summed E-state index contributed by atoms with van der Waals surface area (Å²) in [5.41, 5.74) is 1.66. The first-order chi connectivity index (χ1) is 6.79. The van der Waals surface area contributed by atoms with Crippen molar-refractivity contribution in [2.45, 2.75) is 6.92 Å². The fraction of sp³-hybridized carbons (Fsp3) is 0.0909. The van der Waals surface area contributed by atoms with E-state index in [9.17, 15) is 5.21 Å². The van der Waals surface area contributed by atoms with Crippen LogP contribution in [0, 0.1) is 6.92 Å². The molecule has 0 aliphatic rings. The summed E-state index contributed by atoms with van der Waals surface area (Å²) in [5, 5.41) is 9.71. The van der Waals surface area contributed by atoms with E-state index in [4.69, 9.17) is 0 Å². The van der Waals surface area contributed by atoms with Crippen LogP contribution in [0.1, 0.15) is 5.69 Å². The second-order valence-corrected chi connectivity index (χ2v) is 3.09. The molecule has 0 spiro atoms. The lowest BCUT2D eigenvalue weighted by atomic mass is 10.2. The van der Waals surface area contributed by atoms with Crippen LogP contribution in [-0.2, 0) is 0 Å². The smallest absolute Gasteiger partial charge is 0.349 e. The molecule has 70 valence electrons. The fourth-order valence-corrected chi connectivity index (χ4v) is 1.29. The normalized spacial score (nSPS) is 10.1. The fourth-order valence-electron chi connectivity index (χ4n) is 1.29. The molecule has 0 radical (unpaired) electrons. The third-order valence-electron chi connectivity index (χ3n) is 2.08. The van der Waals surface area contributed by atoms with Crippen LogP contribution in [0.25, 0.3) is 11.4 Å². The maximum Gasteiger partial charge on any atom is 0.368 e. The Morgan fingerprint density at radius 3 is 2.57 bits per heavy atom. The van der Waals surface area contributed by atoms with Crippen molar-refractivity contribution in [3.63, 3.8) is 0 Å². The Balaban J connectivity index is 2.58. The van der Waals surface area contributed by atoms with Gasteiger partial charge in [0.25, 0.3) is 0 Å². The molecule has 0 fully saturated rings. The van der Waals surface area contributed by atoms with Crippen molar-refractivity contribution >= 4 is 0 Å². The molecule has 0 saturated heterocycles. The molecule has 0 atom stereocenters. The monoisotopic (exact) mass is 187 g/mol. The van der Waals surface area contributed by atoms with E-state index in [2.05, 4.69) is 4.98 Å². The van der Waals surface area contributed by atoms with Crippen molar-refractivity contribution in [2.75, 3.05) is 0 Å². The van der Waals surface area contributed by atoms with Gasteiger partial charge in [-0.1, -0.05) is 18.2 Å². The maximum absolute atomic E-state index is 9.71. The van der Waals surface area contributed by atoms with Crippen LogP contribution in [0.4, 0.5) is 0 Å². The number of rotatable bonds is 1. The first-order valence-corrected chi connectivity index (χ1v) is 4.41. The van der Waals surface area contributed by atoms with E-state index in [1.54, 1.807) is 12.3 Å². The van der Waals surface area contributed by atoms with Crippen molar-refractivity contribution in [3.05, 3.63) is 48.3 Å². The highest BCUT2D eigenvalue weighted by Crippen LogP contribution is 2.11. The minimum Gasteiger partial charge on any atom is -0.349 e. The zero-order valence-corrected chi connectivity index (χ0v) is 7.88. The standard InChI is InChI=1S/C11H11N2O/c1-9-7-8-12-11(13(9)14)10-5-3-2-4-6-10/h2-8,14H,1H3/q+1. The Kier molecular flexibility index (Phi) is 2.14. The molecular formula is C11H11N2O+. The van der Waals surface area contributed by atoms with E-state index in [1.807, 2.05) is 37.3 Å². The lowest BCUT2D eigenvalue weighted by Gasteiger charge is -1.97. The van der Waals surface area contributed by atoms with Crippen molar-refractivity contribution in [3.8, 4) is 11.4 Å².